The van der Waals surface area contributed by atoms with Crippen LogP contribution in [0.4, 0.5) is 0 Å². The molecule has 1 rings (SSSR count). The molecule has 0 bridgehead atoms. The van der Waals surface area contributed by atoms with Crippen molar-refractivity contribution in [3.63, 3.8) is 0 Å². The van der Waals surface area contributed by atoms with Crippen molar-refractivity contribution < 1.29 is 14.1 Å². The third-order valence-corrected chi connectivity index (χ3v) is 1.64. The third kappa shape index (κ3) is 2.87. The van der Waals surface area contributed by atoms with Crippen molar-refractivity contribution in [3.05, 3.63) is 17.5 Å². The standard InChI is InChI=1S/C8H12N2O3/c1-6-5-13-10-7(6)3-9-4-8(11)12-2/h5,9H,3-4H2,1-2H3. The van der Waals surface area contributed by atoms with Crippen molar-refractivity contribution in [3.8, 4) is 0 Å². The molecule has 1 aromatic heterocycles. The summed E-state index contributed by atoms with van der Waals surface area (Å²) in [7, 11) is 1.35. The molecule has 0 radical (unpaired) electrons. The van der Waals surface area contributed by atoms with Gasteiger partial charge in [-0.3, -0.25) is 4.79 Å². The molecule has 0 aliphatic rings. The van der Waals surface area contributed by atoms with Gasteiger partial charge in [0, 0.05) is 12.1 Å². The summed E-state index contributed by atoms with van der Waals surface area (Å²) in [6.45, 7) is 2.59. The van der Waals surface area contributed by atoms with Crippen molar-refractivity contribution in [1.29, 1.82) is 0 Å². The Balaban J connectivity index is 2.28. The third-order valence-electron chi connectivity index (χ3n) is 1.64. The van der Waals surface area contributed by atoms with E-state index in [1.165, 1.54) is 7.11 Å². The molecule has 5 heteroatoms. The number of nitrogens with zero attached hydrogens (tertiary/aromatic N) is 1. The molecular weight excluding hydrogens is 172 g/mol. The first-order valence-corrected chi connectivity index (χ1v) is 3.91. The average Bonchev–Trinajstić information content (AvgIpc) is 2.52. The van der Waals surface area contributed by atoms with Crippen molar-refractivity contribution in [2.75, 3.05) is 13.7 Å². The molecule has 72 valence electrons. The Morgan fingerprint density at radius 1 is 1.77 bits per heavy atom. The van der Waals surface area contributed by atoms with Crippen LogP contribution in [0.5, 0.6) is 0 Å². The second-order valence-corrected chi connectivity index (χ2v) is 2.62. The minimum atomic E-state index is -0.291. The first-order chi connectivity index (χ1) is 6.24. The van der Waals surface area contributed by atoms with Gasteiger partial charge in [0.25, 0.3) is 0 Å². The summed E-state index contributed by atoms with van der Waals surface area (Å²) >= 11 is 0. The van der Waals surface area contributed by atoms with Crippen molar-refractivity contribution in [1.82, 2.24) is 10.5 Å². The molecule has 0 unspecified atom stereocenters. The molecule has 0 saturated carbocycles. The van der Waals surface area contributed by atoms with Crippen molar-refractivity contribution in [2.45, 2.75) is 13.5 Å². The van der Waals surface area contributed by atoms with Crippen LogP contribution in [0.15, 0.2) is 10.8 Å². The smallest absolute Gasteiger partial charge is 0.319 e. The van der Waals surface area contributed by atoms with Crippen LogP contribution in [-0.2, 0) is 16.1 Å². The average molecular weight is 184 g/mol. The first kappa shape index (κ1) is 9.73. The van der Waals surface area contributed by atoms with Gasteiger partial charge in [-0.15, -0.1) is 0 Å². The van der Waals surface area contributed by atoms with E-state index in [0.29, 0.717) is 6.54 Å². The summed E-state index contributed by atoms with van der Waals surface area (Å²) in [6, 6.07) is 0. The van der Waals surface area contributed by atoms with E-state index in [9.17, 15) is 4.79 Å². The van der Waals surface area contributed by atoms with Crippen LogP contribution in [-0.4, -0.2) is 24.8 Å². The number of aryl methyl sites for hydroxylation is 1. The number of esters is 1. The fourth-order valence-corrected chi connectivity index (χ4v) is 0.836. The number of nitrogens with one attached hydrogen (secondary N) is 1. The fraction of sp³-hybridized carbons (Fsp3) is 0.500. The van der Waals surface area contributed by atoms with E-state index in [2.05, 4.69) is 15.2 Å². The zero-order valence-corrected chi connectivity index (χ0v) is 7.66. The summed E-state index contributed by atoms with van der Waals surface area (Å²) in [5.74, 6) is -0.291. The van der Waals surface area contributed by atoms with Crippen molar-refractivity contribution in [2.24, 2.45) is 0 Å². The topological polar surface area (TPSA) is 64.4 Å². The largest absolute Gasteiger partial charge is 0.468 e. The van der Waals surface area contributed by atoms with Gasteiger partial charge in [0.15, 0.2) is 0 Å². The number of ether oxygens (including phenoxy) is 1. The van der Waals surface area contributed by atoms with Crippen LogP contribution in [0.25, 0.3) is 0 Å². The lowest BCUT2D eigenvalue weighted by atomic mass is 10.3. The van der Waals surface area contributed by atoms with Crippen molar-refractivity contribution >= 4 is 5.97 Å². The Bertz CT molecular complexity index is 283. The molecule has 0 aromatic carbocycles. The summed E-state index contributed by atoms with van der Waals surface area (Å²) in [6.07, 6.45) is 1.56. The molecule has 0 aliphatic carbocycles. The molecule has 1 aromatic rings. The SMILES string of the molecule is COC(=O)CNCc1nocc1C. The highest BCUT2D eigenvalue weighted by molar-refractivity contribution is 5.71. The maximum Gasteiger partial charge on any atom is 0.319 e. The fourth-order valence-electron chi connectivity index (χ4n) is 0.836. The van der Waals surface area contributed by atoms with E-state index in [-0.39, 0.29) is 12.5 Å². The predicted molar refractivity (Wildman–Crippen MR) is 45.0 cm³/mol. The van der Waals surface area contributed by atoms with Gasteiger partial charge in [0.05, 0.1) is 13.7 Å². The quantitative estimate of drug-likeness (QED) is 0.679. The van der Waals surface area contributed by atoms with E-state index in [0.717, 1.165) is 11.3 Å². The van der Waals surface area contributed by atoms with Gasteiger partial charge in [-0.1, -0.05) is 5.16 Å². The highest BCUT2D eigenvalue weighted by atomic mass is 16.5. The van der Waals surface area contributed by atoms with Gasteiger partial charge in [-0.2, -0.15) is 0 Å². The second kappa shape index (κ2) is 4.61. The van der Waals surface area contributed by atoms with Crippen LogP contribution in [0.1, 0.15) is 11.3 Å². The molecule has 0 saturated heterocycles. The van der Waals surface area contributed by atoms with Crippen LogP contribution in [0, 0.1) is 6.92 Å². The molecule has 1 N–H and O–H groups in total. The molecule has 0 atom stereocenters. The molecule has 1 heterocycles. The number of carbonyl (C=O) groups is 1. The maximum atomic E-state index is 10.7. The van der Waals surface area contributed by atoms with Crippen LogP contribution in [0.3, 0.4) is 0 Å². The number of hydrogen-bond acceptors (Lipinski definition) is 5. The van der Waals surface area contributed by atoms with E-state index in [1.807, 2.05) is 6.92 Å². The highest BCUT2D eigenvalue weighted by Gasteiger charge is 2.03. The summed E-state index contributed by atoms with van der Waals surface area (Å²) in [5, 5.41) is 6.63. The highest BCUT2D eigenvalue weighted by Crippen LogP contribution is 2.02. The van der Waals surface area contributed by atoms with Gasteiger partial charge in [-0.25, -0.2) is 0 Å². The summed E-state index contributed by atoms with van der Waals surface area (Å²) in [4.78, 5) is 10.7. The minimum Gasteiger partial charge on any atom is -0.468 e. The second-order valence-electron chi connectivity index (χ2n) is 2.62. The first-order valence-electron chi connectivity index (χ1n) is 3.91. The van der Waals surface area contributed by atoms with Gasteiger partial charge >= 0.3 is 5.97 Å². The Morgan fingerprint density at radius 2 is 2.54 bits per heavy atom. The molecule has 0 spiro atoms. The van der Waals surface area contributed by atoms with Crippen LogP contribution >= 0.6 is 0 Å². The van der Waals surface area contributed by atoms with Crippen LogP contribution in [0.2, 0.25) is 0 Å². The molecule has 0 fully saturated rings. The van der Waals surface area contributed by atoms with E-state index < -0.39 is 0 Å². The Labute approximate surface area is 76.0 Å². The zero-order chi connectivity index (χ0) is 9.68. The Kier molecular flexibility index (Phi) is 3.45. The number of aromatic nitrogens is 1. The van der Waals surface area contributed by atoms with Gasteiger partial charge in [-0.05, 0) is 6.92 Å². The number of rotatable bonds is 4. The van der Waals surface area contributed by atoms with Gasteiger partial charge in [0.1, 0.15) is 12.0 Å². The normalized spacial score (nSPS) is 10.0. The number of carbonyl (C=O) groups excluding carboxylic acids is 1. The molecular formula is C8H12N2O3. The minimum absolute atomic E-state index is 0.183. The van der Waals surface area contributed by atoms with Gasteiger partial charge in [0.2, 0.25) is 0 Å². The molecule has 0 aliphatic heterocycles. The van der Waals surface area contributed by atoms with E-state index >= 15 is 0 Å². The van der Waals surface area contributed by atoms with E-state index in [4.69, 9.17) is 4.52 Å². The van der Waals surface area contributed by atoms with Crippen LogP contribution < -0.4 is 5.32 Å². The predicted octanol–water partition coefficient (Wildman–Crippen LogP) is 0.246. The monoisotopic (exact) mass is 184 g/mol. The Morgan fingerprint density at radius 3 is 3.08 bits per heavy atom. The summed E-state index contributed by atoms with van der Waals surface area (Å²) in [5.41, 5.74) is 1.78. The lowest BCUT2D eigenvalue weighted by molar-refractivity contribution is -0.139. The maximum absolute atomic E-state index is 10.7. The summed E-state index contributed by atoms with van der Waals surface area (Å²) < 4.78 is 9.18. The number of hydrogen-bond donors (Lipinski definition) is 1. The lowest BCUT2D eigenvalue weighted by Crippen LogP contribution is -2.23. The van der Waals surface area contributed by atoms with E-state index in [1.54, 1.807) is 6.26 Å². The molecule has 5 nitrogen and oxygen atoms in total. The Hall–Kier alpha value is -1.36. The molecule has 13 heavy (non-hydrogen) atoms. The van der Waals surface area contributed by atoms with Gasteiger partial charge < -0.3 is 14.6 Å². The lowest BCUT2D eigenvalue weighted by Gasteiger charge is -2.00. The molecule has 0 amide bonds. The number of methoxy groups -OCH3 is 1. The zero-order valence-electron chi connectivity index (χ0n) is 7.66.